The van der Waals surface area contributed by atoms with Crippen molar-refractivity contribution in [2.24, 2.45) is 0 Å². The summed E-state index contributed by atoms with van der Waals surface area (Å²) in [5, 5.41) is 0.622. The molecule has 1 aliphatic carbocycles. The Hall–Kier alpha value is -3.12. The van der Waals surface area contributed by atoms with Gasteiger partial charge < -0.3 is 9.47 Å². The molecule has 166 valence electrons. The molecule has 4 rings (SSSR count). The molecule has 0 saturated heterocycles. The molecule has 0 aliphatic heterocycles. The molecule has 6 heteroatoms. The van der Waals surface area contributed by atoms with Gasteiger partial charge in [0.1, 0.15) is 11.6 Å². The second-order valence-electron chi connectivity index (χ2n) is 7.72. The van der Waals surface area contributed by atoms with Crippen LogP contribution in [0.2, 0.25) is 0 Å². The average molecular weight is 450 g/mol. The highest BCUT2D eigenvalue weighted by molar-refractivity contribution is 7.17. The number of anilines is 1. The van der Waals surface area contributed by atoms with Crippen molar-refractivity contribution in [3.8, 4) is 0 Å². The molecule has 1 aromatic heterocycles. The van der Waals surface area contributed by atoms with E-state index in [-0.39, 0.29) is 12.6 Å². The number of rotatable bonds is 7. The van der Waals surface area contributed by atoms with Crippen LogP contribution in [0.15, 0.2) is 60.7 Å². The Balaban J connectivity index is 1.69. The van der Waals surface area contributed by atoms with Gasteiger partial charge in [-0.15, -0.1) is 11.3 Å². The first-order valence-electron chi connectivity index (χ1n) is 11.0. The second kappa shape index (κ2) is 10.5. The van der Waals surface area contributed by atoms with Crippen LogP contribution in [0.3, 0.4) is 0 Å². The van der Waals surface area contributed by atoms with E-state index in [1.54, 1.807) is 11.8 Å². The van der Waals surface area contributed by atoms with Gasteiger partial charge in [-0.25, -0.2) is 9.59 Å². The lowest BCUT2D eigenvalue weighted by Crippen LogP contribution is -2.31. The molecule has 0 radical (unpaired) electrons. The number of ether oxygens (including phenoxy) is 2. The highest BCUT2D eigenvalue weighted by Gasteiger charge is 2.32. The lowest BCUT2D eigenvalue weighted by molar-refractivity contribution is 0.0526. The van der Waals surface area contributed by atoms with Gasteiger partial charge in [0.15, 0.2) is 0 Å². The fourth-order valence-electron chi connectivity index (χ4n) is 3.94. The van der Waals surface area contributed by atoms with Crippen molar-refractivity contribution in [3.05, 3.63) is 87.8 Å². The normalized spacial score (nSPS) is 12.7. The minimum absolute atomic E-state index is 0.171. The molecule has 2 aromatic carbocycles. The molecule has 0 saturated carbocycles. The summed E-state index contributed by atoms with van der Waals surface area (Å²) in [5.41, 5.74) is 3.43. The molecule has 0 fully saturated rings. The molecule has 0 atom stereocenters. The number of nitrogens with zero attached hydrogens (tertiary/aromatic N) is 1. The molecule has 1 amide bonds. The van der Waals surface area contributed by atoms with Gasteiger partial charge in [0.05, 0.1) is 18.7 Å². The number of benzene rings is 2. The fraction of sp³-hybridized carbons (Fsp3) is 0.308. The highest BCUT2D eigenvalue weighted by atomic mass is 32.1. The van der Waals surface area contributed by atoms with Gasteiger partial charge in [0.2, 0.25) is 0 Å². The van der Waals surface area contributed by atoms with Gasteiger partial charge in [-0.3, -0.25) is 4.90 Å². The van der Waals surface area contributed by atoms with Crippen LogP contribution in [0.1, 0.15) is 51.7 Å². The second-order valence-corrected chi connectivity index (χ2v) is 8.81. The fourth-order valence-corrected chi connectivity index (χ4v) is 5.30. The van der Waals surface area contributed by atoms with E-state index >= 15 is 0 Å². The molecular formula is C26H27NO4S. The van der Waals surface area contributed by atoms with Crippen molar-refractivity contribution in [2.75, 3.05) is 11.5 Å². The monoisotopic (exact) mass is 449 g/mol. The van der Waals surface area contributed by atoms with Crippen molar-refractivity contribution in [2.45, 2.75) is 45.8 Å². The van der Waals surface area contributed by atoms with E-state index in [0.717, 1.165) is 42.4 Å². The predicted octanol–water partition coefficient (Wildman–Crippen LogP) is 6.15. The number of aryl methyl sites for hydroxylation is 1. The maximum atomic E-state index is 13.3. The molecule has 1 heterocycles. The first kappa shape index (κ1) is 22.1. The van der Waals surface area contributed by atoms with Gasteiger partial charge in [-0.05, 0) is 49.3 Å². The van der Waals surface area contributed by atoms with Crippen LogP contribution in [0.4, 0.5) is 9.80 Å². The largest absolute Gasteiger partial charge is 0.462 e. The van der Waals surface area contributed by atoms with E-state index in [1.807, 2.05) is 60.7 Å². The third-order valence-electron chi connectivity index (χ3n) is 5.49. The van der Waals surface area contributed by atoms with Crippen LogP contribution < -0.4 is 4.90 Å². The summed E-state index contributed by atoms with van der Waals surface area (Å²) in [4.78, 5) is 29.0. The van der Waals surface area contributed by atoms with Crippen molar-refractivity contribution in [1.82, 2.24) is 0 Å². The molecule has 32 heavy (non-hydrogen) atoms. The van der Waals surface area contributed by atoms with E-state index < -0.39 is 6.09 Å². The van der Waals surface area contributed by atoms with E-state index in [0.29, 0.717) is 23.7 Å². The Labute approximate surface area is 192 Å². The van der Waals surface area contributed by atoms with Crippen molar-refractivity contribution in [1.29, 1.82) is 0 Å². The van der Waals surface area contributed by atoms with E-state index in [1.165, 1.54) is 16.2 Å². The summed E-state index contributed by atoms with van der Waals surface area (Å²) in [5.74, 6) is -0.365. The number of fused-ring (bicyclic) bond motifs is 1. The molecule has 3 aromatic rings. The van der Waals surface area contributed by atoms with E-state index in [4.69, 9.17) is 9.47 Å². The van der Waals surface area contributed by atoms with E-state index in [9.17, 15) is 9.59 Å². The summed E-state index contributed by atoms with van der Waals surface area (Å²) < 4.78 is 11.1. The quantitative estimate of drug-likeness (QED) is 0.406. The summed E-state index contributed by atoms with van der Waals surface area (Å²) >= 11 is 1.52. The number of carbonyl (C=O) groups is 2. The smallest absolute Gasteiger partial charge is 0.415 e. The third-order valence-corrected chi connectivity index (χ3v) is 6.80. The highest BCUT2D eigenvalue weighted by Crippen LogP contribution is 2.41. The number of hydrogen-bond donors (Lipinski definition) is 0. The maximum Gasteiger partial charge on any atom is 0.415 e. The Bertz CT molecular complexity index is 1060. The maximum absolute atomic E-state index is 13.3. The van der Waals surface area contributed by atoms with Gasteiger partial charge >= 0.3 is 12.1 Å². The van der Waals surface area contributed by atoms with Gasteiger partial charge in [-0.1, -0.05) is 60.7 Å². The van der Waals surface area contributed by atoms with Crippen LogP contribution in [-0.4, -0.2) is 18.7 Å². The molecule has 0 N–H and O–H groups in total. The summed E-state index contributed by atoms with van der Waals surface area (Å²) in [6.45, 7) is 2.58. The summed E-state index contributed by atoms with van der Waals surface area (Å²) in [6.07, 6.45) is 3.41. The van der Waals surface area contributed by atoms with Crippen LogP contribution in [-0.2, 0) is 35.5 Å². The van der Waals surface area contributed by atoms with Crippen LogP contribution >= 0.6 is 11.3 Å². The molecule has 1 aliphatic rings. The molecular weight excluding hydrogens is 422 g/mol. The Morgan fingerprint density at radius 3 is 2.25 bits per heavy atom. The van der Waals surface area contributed by atoms with Crippen molar-refractivity contribution >= 4 is 28.4 Å². The van der Waals surface area contributed by atoms with Crippen molar-refractivity contribution in [3.63, 3.8) is 0 Å². The topological polar surface area (TPSA) is 55.8 Å². The Morgan fingerprint density at radius 1 is 0.906 bits per heavy atom. The number of esters is 1. The zero-order valence-electron chi connectivity index (χ0n) is 18.2. The van der Waals surface area contributed by atoms with Crippen LogP contribution in [0.25, 0.3) is 0 Å². The molecule has 0 spiro atoms. The van der Waals surface area contributed by atoms with Crippen LogP contribution in [0.5, 0.6) is 0 Å². The predicted molar refractivity (Wildman–Crippen MR) is 126 cm³/mol. The minimum atomic E-state index is -0.471. The zero-order chi connectivity index (χ0) is 22.3. The number of thiophene rings is 1. The molecule has 0 bridgehead atoms. The van der Waals surface area contributed by atoms with Crippen LogP contribution in [0, 0.1) is 0 Å². The number of carbonyl (C=O) groups excluding carboxylic acids is 2. The Kier molecular flexibility index (Phi) is 7.22. The minimum Gasteiger partial charge on any atom is -0.462 e. The lowest BCUT2D eigenvalue weighted by Gasteiger charge is -2.22. The first-order chi connectivity index (χ1) is 15.7. The Morgan fingerprint density at radius 2 is 1.56 bits per heavy atom. The zero-order valence-corrected chi connectivity index (χ0v) is 19.0. The average Bonchev–Trinajstić information content (AvgIpc) is 3.22. The van der Waals surface area contributed by atoms with E-state index in [2.05, 4.69) is 0 Å². The molecule has 0 unspecified atom stereocenters. The number of hydrogen-bond acceptors (Lipinski definition) is 5. The number of amides is 1. The molecule has 5 nitrogen and oxygen atoms in total. The SMILES string of the molecule is CCOC(=O)c1c(N(Cc2ccccc2)C(=O)OCc2ccccc2)sc2c1CCCC2. The lowest BCUT2D eigenvalue weighted by atomic mass is 9.95. The van der Waals surface area contributed by atoms with Gasteiger partial charge in [0.25, 0.3) is 0 Å². The summed E-state index contributed by atoms with van der Waals surface area (Å²) in [6, 6.07) is 19.3. The van der Waals surface area contributed by atoms with Crippen molar-refractivity contribution < 1.29 is 19.1 Å². The van der Waals surface area contributed by atoms with Gasteiger partial charge in [0, 0.05) is 4.88 Å². The standard InChI is InChI=1S/C26H27NO4S/c1-2-30-25(28)23-21-15-9-10-16-22(21)32-24(23)27(17-19-11-5-3-6-12-19)26(29)31-18-20-13-7-4-8-14-20/h3-8,11-14H,2,9-10,15-18H2,1H3. The third kappa shape index (κ3) is 5.02. The summed E-state index contributed by atoms with van der Waals surface area (Å²) in [7, 11) is 0. The van der Waals surface area contributed by atoms with Gasteiger partial charge in [-0.2, -0.15) is 0 Å². The first-order valence-corrected chi connectivity index (χ1v) is 11.8.